The predicted octanol–water partition coefficient (Wildman–Crippen LogP) is 5.08. The molecule has 1 amide bonds. The summed E-state index contributed by atoms with van der Waals surface area (Å²) in [6.45, 7) is 1.77. The number of aliphatic imine (C=N–C) groups is 1. The van der Waals surface area contributed by atoms with Gasteiger partial charge in [0.15, 0.2) is 5.76 Å². The van der Waals surface area contributed by atoms with Crippen LogP contribution in [0.5, 0.6) is 0 Å². The molecule has 0 unspecified atom stereocenters. The minimum absolute atomic E-state index is 0.158. The Kier molecular flexibility index (Phi) is 5.58. The van der Waals surface area contributed by atoms with E-state index in [4.69, 9.17) is 21.0 Å². The molecule has 0 saturated carbocycles. The number of fused-ring (bicyclic) bond motifs is 3. The third-order valence-electron chi connectivity index (χ3n) is 6.02. The lowest BCUT2D eigenvalue weighted by Gasteiger charge is -2.14. The third kappa shape index (κ3) is 4.21. The lowest BCUT2D eigenvalue weighted by molar-refractivity contribution is -0.137. The van der Waals surface area contributed by atoms with Crippen molar-refractivity contribution < 1.29 is 22.5 Å². The quantitative estimate of drug-likeness (QED) is 0.412. The average Bonchev–Trinajstić information content (AvgIpc) is 3.16. The highest BCUT2D eigenvalue weighted by atomic mass is 19.4. The molecule has 10 heteroatoms. The number of anilines is 1. The number of aromatic nitrogens is 2. The highest BCUT2D eigenvalue weighted by Crippen LogP contribution is 2.42. The maximum atomic E-state index is 13.2. The molecule has 36 heavy (non-hydrogen) atoms. The minimum atomic E-state index is -4.48. The Morgan fingerprint density at radius 3 is 2.33 bits per heavy atom. The van der Waals surface area contributed by atoms with E-state index >= 15 is 0 Å². The molecule has 0 aliphatic carbocycles. The summed E-state index contributed by atoms with van der Waals surface area (Å²) in [5.74, 6) is 0.144. The fraction of sp³-hybridized carbons (Fsp3) is 0.154. The number of rotatable bonds is 4. The van der Waals surface area contributed by atoms with Gasteiger partial charge in [-0.25, -0.2) is 4.98 Å². The normalized spacial score (nSPS) is 15.0. The van der Waals surface area contributed by atoms with Crippen molar-refractivity contribution in [1.82, 2.24) is 10.1 Å². The maximum Gasteiger partial charge on any atom is 0.416 e. The standard InChI is InChI=1S/C26H20F3N5O2/c1-13-23-18-8-4-15(16-5-9-21(30)32-12-16)10-19(18)24(14-2-6-17(7-3-14)26(27,28)29)33-20(11-22(31)35)25(23)36-34-13/h2-10,12,20H,11H2,1H3,(H2,30,32)(H2,31,35)/t20-/m0/s1. The molecule has 1 aliphatic heterocycles. The first-order chi connectivity index (χ1) is 17.1. The molecule has 5 rings (SSSR count). The first kappa shape index (κ1) is 23.3. The van der Waals surface area contributed by atoms with Gasteiger partial charge in [-0.15, -0.1) is 0 Å². The number of halogens is 3. The van der Waals surface area contributed by atoms with E-state index in [0.717, 1.165) is 28.8 Å². The van der Waals surface area contributed by atoms with Gasteiger partial charge in [-0.05, 0) is 48.4 Å². The second-order valence-corrected chi connectivity index (χ2v) is 8.48. The molecule has 4 aromatic rings. The van der Waals surface area contributed by atoms with Crippen molar-refractivity contribution in [3.8, 4) is 22.3 Å². The lowest BCUT2D eigenvalue weighted by atomic mass is 9.90. The van der Waals surface area contributed by atoms with Crippen LogP contribution in [0.4, 0.5) is 19.0 Å². The molecule has 1 aliphatic rings. The number of nitrogens with two attached hydrogens (primary N) is 2. The van der Waals surface area contributed by atoms with Crippen molar-refractivity contribution in [3.05, 3.63) is 88.9 Å². The van der Waals surface area contributed by atoms with E-state index < -0.39 is 23.7 Å². The van der Waals surface area contributed by atoms with Crippen LogP contribution in [0, 0.1) is 6.92 Å². The fourth-order valence-electron chi connectivity index (χ4n) is 4.32. The molecule has 0 saturated heterocycles. The van der Waals surface area contributed by atoms with Crippen LogP contribution in [0.2, 0.25) is 0 Å². The lowest BCUT2D eigenvalue weighted by Crippen LogP contribution is -2.15. The molecule has 1 atom stereocenters. The Labute approximate surface area is 203 Å². The Morgan fingerprint density at radius 2 is 1.69 bits per heavy atom. The molecule has 0 radical (unpaired) electrons. The molecule has 3 heterocycles. The number of amides is 1. The van der Waals surface area contributed by atoms with Gasteiger partial charge in [0.2, 0.25) is 5.91 Å². The highest BCUT2D eigenvalue weighted by Gasteiger charge is 2.33. The van der Waals surface area contributed by atoms with Crippen molar-refractivity contribution in [2.24, 2.45) is 10.7 Å². The van der Waals surface area contributed by atoms with E-state index in [2.05, 4.69) is 10.1 Å². The van der Waals surface area contributed by atoms with Crippen LogP contribution < -0.4 is 11.5 Å². The zero-order chi connectivity index (χ0) is 25.6. The van der Waals surface area contributed by atoms with E-state index in [1.165, 1.54) is 12.1 Å². The molecular weight excluding hydrogens is 471 g/mol. The molecule has 4 N–H and O–H groups in total. The molecule has 0 spiro atoms. The smallest absolute Gasteiger partial charge is 0.384 e. The summed E-state index contributed by atoms with van der Waals surface area (Å²) in [5, 5.41) is 4.08. The molecule has 7 nitrogen and oxygen atoms in total. The summed E-state index contributed by atoms with van der Waals surface area (Å²) in [5.41, 5.74) is 15.5. The van der Waals surface area contributed by atoms with E-state index in [1.807, 2.05) is 24.3 Å². The van der Waals surface area contributed by atoms with Gasteiger partial charge in [0.05, 0.1) is 29.0 Å². The Bertz CT molecular complexity index is 1490. The molecular formula is C26H20F3N5O2. The number of aryl methyl sites for hydroxylation is 1. The number of carbonyl (C=O) groups is 1. The second kappa shape index (κ2) is 8.63. The predicted molar refractivity (Wildman–Crippen MR) is 128 cm³/mol. The molecule has 2 aromatic carbocycles. The van der Waals surface area contributed by atoms with Crippen LogP contribution in [-0.2, 0) is 11.0 Å². The van der Waals surface area contributed by atoms with Crippen LogP contribution in [0.1, 0.15) is 40.6 Å². The van der Waals surface area contributed by atoms with Gasteiger partial charge in [-0.3, -0.25) is 9.79 Å². The van der Waals surface area contributed by atoms with Crippen LogP contribution >= 0.6 is 0 Å². The van der Waals surface area contributed by atoms with E-state index in [0.29, 0.717) is 39.7 Å². The largest absolute Gasteiger partial charge is 0.416 e. The van der Waals surface area contributed by atoms with Crippen molar-refractivity contribution in [1.29, 1.82) is 0 Å². The summed E-state index contributed by atoms with van der Waals surface area (Å²) in [4.78, 5) is 20.8. The number of nitrogen functional groups attached to an aromatic ring is 1. The number of hydrogen-bond donors (Lipinski definition) is 2. The number of alkyl halides is 3. The number of nitrogens with zero attached hydrogens (tertiary/aromatic N) is 3. The first-order valence-electron chi connectivity index (χ1n) is 11.0. The van der Waals surface area contributed by atoms with Crippen LogP contribution in [-0.4, -0.2) is 21.8 Å². The zero-order valence-corrected chi connectivity index (χ0v) is 19.0. The monoisotopic (exact) mass is 491 g/mol. The Morgan fingerprint density at radius 1 is 1.00 bits per heavy atom. The topological polar surface area (TPSA) is 120 Å². The average molecular weight is 491 g/mol. The van der Waals surface area contributed by atoms with Crippen molar-refractivity contribution >= 4 is 17.4 Å². The number of carbonyl (C=O) groups excluding carboxylic acids is 1. The second-order valence-electron chi connectivity index (χ2n) is 8.48. The van der Waals surface area contributed by atoms with Gasteiger partial charge >= 0.3 is 6.18 Å². The molecule has 0 bridgehead atoms. The number of hydrogen-bond acceptors (Lipinski definition) is 6. The van der Waals surface area contributed by atoms with Crippen LogP contribution in [0.25, 0.3) is 22.3 Å². The summed E-state index contributed by atoms with van der Waals surface area (Å²) in [6, 6.07) is 13.1. The van der Waals surface area contributed by atoms with Gasteiger partial charge in [-0.2, -0.15) is 13.2 Å². The summed E-state index contributed by atoms with van der Waals surface area (Å²) >= 11 is 0. The van der Waals surface area contributed by atoms with Crippen LogP contribution in [0.3, 0.4) is 0 Å². The first-order valence-corrected chi connectivity index (χ1v) is 11.0. The zero-order valence-electron chi connectivity index (χ0n) is 19.0. The summed E-state index contributed by atoms with van der Waals surface area (Å²) in [7, 11) is 0. The molecule has 182 valence electrons. The third-order valence-corrected chi connectivity index (χ3v) is 6.02. The number of primary amides is 1. The van der Waals surface area contributed by atoms with Crippen molar-refractivity contribution in [2.75, 3.05) is 5.73 Å². The minimum Gasteiger partial charge on any atom is -0.384 e. The van der Waals surface area contributed by atoms with Gasteiger partial charge < -0.3 is 16.0 Å². The fourth-order valence-corrected chi connectivity index (χ4v) is 4.32. The number of benzene rings is 2. The van der Waals surface area contributed by atoms with Gasteiger partial charge in [-0.1, -0.05) is 29.4 Å². The maximum absolute atomic E-state index is 13.2. The van der Waals surface area contributed by atoms with Crippen molar-refractivity contribution in [3.63, 3.8) is 0 Å². The van der Waals surface area contributed by atoms with Gasteiger partial charge in [0, 0.05) is 22.9 Å². The van der Waals surface area contributed by atoms with E-state index in [-0.39, 0.29) is 6.42 Å². The summed E-state index contributed by atoms with van der Waals surface area (Å²) < 4.78 is 45.2. The van der Waals surface area contributed by atoms with E-state index in [1.54, 1.807) is 19.2 Å². The van der Waals surface area contributed by atoms with Gasteiger partial charge in [0.25, 0.3) is 0 Å². The van der Waals surface area contributed by atoms with Crippen molar-refractivity contribution in [2.45, 2.75) is 25.6 Å². The van der Waals surface area contributed by atoms with E-state index in [9.17, 15) is 18.0 Å². The molecule has 2 aromatic heterocycles. The van der Waals surface area contributed by atoms with Gasteiger partial charge in [0.1, 0.15) is 11.9 Å². The Balaban J connectivity index is 1.75. The Hall–Kier alpha value is -4.47. The molecule has 0 fully saturated rings. The number of pyridine rings is 1. The van der Waals surface area contributed by atoms with Crippen LogP contribution in [0.15, 0.2) is 70.3 Å². The highest BCUT2D eigenvalue weighted by molar-refractivity contribution is 6.17. The summed E-state index contributed by atoms with van der Waals surface area (Å²) in [6.07, 6.45) is -3.00. The SMILES string of the molecule is Cc1noc2c1-c1ccc(-c3ccc(N)nc3)cc1C(c1ccc(C(F)(F)F)cc1)=N[C@H]2CC(N)=O.